The third-order valence-corrected chi connectivity index (χ3v) is 6.51. The Kier molecular flexibility index (Phi) is 5.38. The zero-order valence-electron chi connectivity index (χ0n) is 16.3. The largest absolute Gasteiger partial charge is 0.416 e. The minimum absolute atomic E-state index is 0.136. The predicted molar refractivity (Wildman–Crippen MR) is 112 cm³/mol. The van der Waals surface area contributed by atoms with E-state index in [-0.39, 0.29) is 17.7 Å². The molecule has 6 heteroatoms. The molecule has 0 bridgehead atoms. The summed E-state index contributed by atoms with van der Waals surface area (Å²) >= 11 is 1.48. The molecular weight excluding hydrogens is 393 g/mol. The van der Waals surface area contributed by atoms with Crippen molar-refractivity contribution in [1.29, 1.82) is 0 Å². The maximum Gasteiger partial charge on any atom is 0.416 e. The van der Waals surface area contributed by atoms with Crippen molar-refractivity contribution in [2.24, 2.45) is 0 Å². The van der Waals surface area contributed by atoms with Crippen LogP contribution in [0.15, 0.2) is 35.7 Å². The van der Waals surface area contributed by atoms with E-state index in [0.29, 0.717) is 11.3 Å². The fraction of sp³-hybridized carbons (Fsp3) is 0.348. The van der Waals surface area contributed by atoms with E-state index in [9.17, 15) is 13.2 Å². The van der Waals surface area contributed by atoms with Gasteiger partial charge in [0.2, 0.25) is 0 Å². The quantitative estimate of drug-likeness (QED) is 0.387. The van der Waals surface area contributed by atoms with E-state index in [2.05, 4.69) is 23.2 Å². The van der Waals surface area contributed by atoms with Crippen molar-refractivity contribution in [2.45, 2.75) is 51.6 Å². The molecule has 1 aliphatic rings. The Morgan fingerprint density at radius 3 is 2.55 bits per heavy atom. The normalized spacial score (nSPS) is 14.5. The van der Waals surface area contributed by atoms with Gasteiger partial charge in [0, 0.05) is 23.1 Å². The van der Waals surface area contributed by atoms with E-state index in [4.69, 9.17) is 5.73 Å². The highest BCUT2D eigenvalue weighted by Crippen LogP contribution is 2.36. The number of aryl methyl sites for hydroxylation is 3. The van der Waals surface area contributed by atoms with Gasteiger partial charge < -0.3 is 5.73 Å². The first-order valence-corrected chi connectivity index (χ1v) is 10.7. The van der Waals surface area contributed by atoms with Gasteiger partial charge in [-0.25, -0.2) is 4.98 Å². The molecule has 0 spiro atoms. The Morgan fingerprint density at radius 1 is 1.03 bits per heavy atom. The molecular formula is C23H23F3N2S. The molecule has 1 aromatic heterocycles. The van der Waals surface area contributed by atoms with Gasteiger partial charge >= 0.3 is 6.18 Å². The summed E-state index contributed by atoms with van der Waals surface area (Å²) < 4.78 is 40.4. The zero-order chi connectivity index (χ0) is 20.6. The first kappa shape index (κ1) is 20.0. The highest BCUT2D eigenvalue weighted by molar-refractivity contribution is 7.13. The second kappa shape index (κ2) is 7.82. The van der Waals surface area contributed by atoms with E-state index in [0.717, 1.165) is 29.5 Å². The van der Waals surface area contributed by atoms with Crippen LogP contribution in [0.4, 0.5) is 18.9 Å². The van der Waals surface area contributed by atoms with E-state index in [1.54, 1.807) is 6.92 Å². The fourth-order valence-electron chi connectivity index (χ4n) is 3.95. The molecule has 0 radical (unpaired) electrons. The van der Waals surface area contributed by atoms with Gasteiger partial charge in [-0.15, -0.1) is 11.3 Å². The molecule has 1 heterocycles. The number of aromatic nitrogens is 1. The topological polar surface area (TPSA) is 38.9 Å². The molecule has 3 aromatic rings. The summed E-state index contributed by atoms with van der Waals surface area (Å²) in [6.45, 7) is 1.72. The Labute approximate surface area is 172 Å². The summed E-state index contributed by atoms with van der Waals surface area (Å²) in [6.07, 6.45) is 1.60. The number of hydrogen-bond acceptors (Lipinski definition) is 3. The zero-order valence-corrected chi connectivity index (χ0v) is 17.1. The Morgan fingerprint density at radius 2 is 1.79 bits per heavy atom. The SMILES string of the molecule is Cc1cc(Cc2csc(-c3ccc4c(c3)CCCCC4)n2)c(C(F)(F)F)cc1N. The molecule has 0 unspecified atom stereocenters. The average Bonchev–Trinajstić information content (AvgIpc) is 2.99. The number of alkyl halides is 3. The summed E-state index contributed by atoms with van der Waals surface area (Å²) in [5.41, 5.74) is 10.5. The van der Waals surface area contributed by atoms with Crippen LogP contribution in [-0.2, 0) is 25.4 Å². The molecule has 152 valence electrons. The van der Waals surface area contributed by atoms with Gasteiger partial charge in [0.15, 0.2) is 0 Å². The second-order valence-corrected chi connectivity index (χ2v) is 8.59. The Bertz CT molecular complexity index is 1040. The molecule has 0 aliphatic heterocycles. The molecule has 4 rings (SSSR count). The summed E-state index contributed by atoms with van der Waals surface area (Å²) in [6, 6.07) is 9.03. The van der Waals surface area contributed by atoms with E-state index in [1.807, 2.05) is 5.38 Å². The maximum absolute atomic E-state index is 13.5. The average molecular weight is 417 g/mol. The van der Waals surface area contributed by atoms with Crippen LogP contribution in [0.5, 0.6) is 0 Å². The molecule has 2 nitrogen and oxygen atoms in total. The molecule has 0 amide bonds. The van der Waals surface area contributed by atoms with E-state index < -0.39 is 11.7 Å². The highest BCUT2D eigenvalue weighted by Gasteiger charge is 2.34. The molecule has 29 heavy (non-hydrogen) atoms. The minimum Gasteiger partial charge on any atom is -0.399 e. The van der Waals surface area contributed by atoms with Crippen LogP contribution in [0, 0.1) is 6.92 Å². The van der Waals surface area contributed by atoms with Crippen LogP contribution < -0.4 is 5.73 Å². The molecule has 0 atom stereocenters. The van der Waals surface area contributed by atoms with Gasteiger partial charge in [-0.2, -0.15) is 13.2 Å². The Hall–Kier alpha value is -2.34. The lowest BCUT2D eigenvalue weighted by molar-refractivity contribution is -0.138. The first-order valence-electron chi connectivity index (χ1n) is 9.84. The minimum atomic E-state index is -4.44. The summed E-state index contributed by atoms with van der Waals surface area (Å²) in [4.78, 5) is 4.64. The summed E-state index contributed by atoms with van der Waals surface area (Å²) in [7, 11) is 0. The number of hydrogen-bond donors (Lipinski definition) is 1. The lowest BCUT2D eigenvalue weighted by Crippen LogP contribution is -2.11. The number of thiazole rings is 1. The van der Waals surface area contributed by atoms with Crippen molar-refractivity contribution < 1.29 is 13.2 Å². The maximum atomic E-state index is 13.5. The number of nitrogens with two attached hydrogens (primary N) is 1. The van der Waals surface area contributed by atoms with E-state index in [1.165, 1.54) is 47.8 Å². The second-order valence-electron chi connectivity index (χ2n) is 7.73. The van der Waals surface area contributed by atoms with Crippen molar-refractivity contribution in [2.75, 3.05) is 5.73 Å². The van der Waals surface area contributed by atoms with Gasteiger partial charge in [0.1, 0.15) is 5.01 Å². The number of benzene rings is 2. The molecule has 0 saturated carbocycles. The standard InChI is InChI=1S/C23H23F3N2S/c1-14-9-18(20(12-21(14)27)23(24,25)26)11-19-13-29-22(28-19)17-8-7-15-5-3-2-4-6-16(15)10-17/h7-10,12-13H,2-6,11,27H2,1H3. The predicted octanol–water partition coefficient (Wildman–Crippen LogP) is 6.58. The lowest BCUT2D eigenvalue weighted by atomic mass is 9.98. The Balaban J connectivity index is 1.63. The highest BCUT2D eigenvalue weighted by atomic mass is 32.1. The van der Waals surface area contributed by atoms with Crippen molar-refractivity contribution in [3.05, 3.63) is 69.2 Å². The van der Waals surface area contributed by atoms with Crippen LogP contribution in [0.25, 0.3) is 10.6 Å². The van der Waals surface area contributed by atoms with Gasteiger partial charge in [-0.05, 0) is 67.0 Å². The molecule has 2 aromatic carbocycles. The van der Waals surface area contributed by atoms with Crippen molar-refractivity contribution >= 4 is 17.0 Å². The summed E-state index contributed by atoms with van der Waals surface area (Å²) in [5, 5.41) is 2.71. The van der Waals surface area contributed by atoms with E-state index >= 15 is 0 Å². The monoisotopic (exact) mass is 416 g/mol. The van der Waals surface area contributed by atoms with Crippen LogP contribution in [-0.4, -0.2) is 4.98 Å². The number of rotatable bonds is 3. The van der Waals surface area contributed by atoms with Gasteiger partial charge in [0.25, 0.3) is 0 Å². The van der Waals surface area contributed by atoms with Crippen LogP contribution in [0.3, 0.4) is 0 Å². The van der Waals surface area contributed by atoms with Gasteiger partial charge in [-0.1, -0.05) is 24.6 Å². The number of nitrogen functional groups attached to an aromatic ring is 1. The molecule has 0 saturated heterocycles. The van der Waals surface area contributed by atoms with Crippen LogP contribution >= 0.6 is 11.3 Å². The smallest absolute Gasteiger partial charge is 0.399 e. The van der Waals surface area contributed by atoms with Crippen molar-refractivity contribution in [3.8, 4) is 10.6 Å². The van der Waals surface area contributed by atoms with Gasteiger partial charge in [-0.3, -0.25) is 0 Å². The lowest BCUT2D eigenvalue weighted by Gasteiger charge is -2.14. The van der Waals surface area contributed by atoms with Crippen molar-refractivity contribution in [3.63, 3.8) is 0 Å². The first-order chi connectivity index (χ1) is 13.8. The van der Waals surface area contributed by atoms with Crippen molar-refractivity contribution in [1.82, 2.24) is 4.98 Å². The molecule has 0 fully saturated rings. The molecule has 2 N–H and O–H groups in total. The fourth-order valence-corrected chi connectivity index (χ4v) is 4.77. The third-order valence-electron chi connectivity index (χ3n) is 5.57. The molecule has 1 aliphatic carbocycles. The van der Waals surface area contributed by atoms with Crippen LogP contribution in [0.2, 0.25) is 0 Å². The third kappa shape index (κ3) is 4.32. The number of nitrogens with zero attached hydrogens (tertiary/aromatic N) is 1. The van der Waals surface area contributed by atoms with Crippen LogP contribution in [0.1, 0.15) is 52.8 Å². The number of halogens is 3. The summed E-state index contributed by atoms with van der Waals surface area (Å²) in [5.74, 6) is 0. The number of anilines is 1. The van der Waals surface area contributed by atoms with Gasteiger partial charge in [0.05, 0.1) is 11.3 Å². The number of fused-ring (bicyclic) bond motifs is 1.